The largest absolute Gasteiger partial charge is 0.300 e. The molecule has 1 atom stereocenters. The average molecular weight is 165 g/mol. The normalized spacial score (nSPS) is 25.1. The van der Waals surface area contributed by atoms with Gasteiger partial charge >= 0.3 is 0 Å². The summed E-state index contributed by atoms with van der Waals surface area (Å²) in [5.41, 5.74) is -0.323. The van der Waals surface area contributed by atoms with Gasteiger partial charge in [-0.15, -0.1) is 0 Å². The van der Waals surface area contributed by atoms with Gasteiger partial charge < -0.3 is 0 Å². The zero-order chi connectivity index (χ0) is 9.19. The summed E-state index contributed by atoms with van der Waals surface area (Å²) in [6.07, 6.45) is 3.33. The molecular formula is C10H15NO. The highest BCUT2D eigenvalue weighted by Crippen LogP contribution is 2.36. The summed E-state index contributed by atoms with van der Waals surface area (Å²) in [6, 6.07) is 2.28. The van der Waals surface area contributed by atoms with E-state index in [0.717, 1.165) is 19.3 Å². The van der Waals surface area contributed by atoms with E-state index < -0.39 is 0 Å². The van der Waals surface area contributed by atoms with Gasteiger partial charge in [-0.1, -0.05) is 0 Å². The molecule has 0 aliphatic heterocycles. The summed E-state index contributed by atoms with van der Waals surface area (Å²) in [4.78, 5) is 11.1. The van der Waals surface area contributed by atoms with Crippen molar-refractivity contribution in [2.24, 2.45) is 11.3 Å². The lowest BCUT2D eigenvalue weighted by molar-refractivity contribution is -0.122. The van der Waals surface area contributed by atoms with Gasteiger partial charge in [-0.25, -0.2) is 0 Å². The molecule has 0 spiro atoms. The fourth-order valence-electron chi connectivity index (χ4n) is 1.73. The first kappa shape index (κ1) is 9.25. The van der Waals surface area contributed by atoms with E-state index in [2.05, 4.69) is 6.07 Å². The van der Waals surface area contributed by atoms with Crippen LogP contribution in [0.3, 0.4) is 0 Å². The molecule has 0 radical (unpaired) electrons. The Balaban J connectivity index is 2.64. The fraction of sp³-hybridized carbons (Fsp3) is 0.800. The molecule has 0 amide bonds. The molecule has 0 aromatic carbocycles. The molecule has 0 N–H and O–H groups in total. The van der Waals surface area contributed by atoms with Crippen molar-refractivity contribution in [3.05, 3.63) is 0 Å². The summed E-state index contributed by atoms with van der Waals surface area (Å²) in [6.45, 7) is 3.85. The van der Waals surface area contributed by atoms with Crippen molar-refractivity contribution in [1.82, 2.24) is 0 Å². The third-order valence-electron chi connectivity index (χ3n) is 2.79. The lowest BCUT2D eigenvalue weighted by Gasteiger charge is -2.30. The van der Waals surface area contributed by atoms with Crippen LogP contribution in [0.4, 0.5) is 0 Å². The Morgan fingerprint density at radius 2 is 2.25 bits per heavy atom. The number of carbonyl (C=O) groups is 1. The molecule has 1 aliphatic rings. The summed E-state index contributed by atoms with van der Waals surface area (Å²) >= 11 is 0. The monoisotopic (exact) mass is 165 g/mol. The van der Waals surface area contributed by atoms with Crippen molar-refractivity contribution in [1.29, 1.82) is 5.26 Å². The number of hydrogen-bond donors (Lipinski definition) is 0. The molecule has 0 aromatic heterocycles. The van der Waals surface area contributed by atoms with Gasteiger partial charge in [0.15, 0.2) is 0 Å². The average Bonchev–Trinajstić information content (AvgIpc) is 2.05. The minimum Gasteiger partial charge on any atom is -0.300 e. The van der Waals surface area contributed by atoms with Gasteiger partial charge in [-0.3, -0.25) is 4.79 Å². The van der Waals surface area contributed by atoms with Gasteiger partial charge in [0.25, 0.3) is 0 Å². The SMILES string of the molecule is CC(C)(C#N)[C@@H]1CCCC(=O)C1. The van der Waals surface area contributed by atoms with Crippen LogP contribution in [0.5, 0.6) is 0 Å². The molecule has 66 valence electrons. The predicted octanol–water partition coefficient (Wildman–Crippen LogP) is 2.30. The van der Waals surface area contributed by atoms with Crippen molar-refractivity contribution < 1.29 is 4.79 Å². The summed E-state index contributed by atoms with van der Waals surface area (Å²) < 4.78 is 0. The molecule has 1 saturated carbocycles. The second-order valence-corrected chi connectivity index (χ2v) is 4.17. The number of rotatable bonds is 1. The highest BCUT2D eigenvalue weighted by molar-refractivity contribution is 5.79. The number of nitriles is 1. The Bertz CT molecular complexity index is 224. The zero-order valence-corrected chi connectivity index (χ0v) is 7.76. The smallest absolute Gasteiger partial charge is 0.133 e. The van der Waals surface area contributed by atoms with Crippen LogP contribution >= 0.6 is 0 Å². The van der Waals surface area contributed by atoms with Gasteiger partial charge in [0.2, 0.25) is 0 Å². The van der Waals surface area contributed by atoms with Gasteiger partial charge in [-0.2, -0.15) is 5.26 Å². The Labute approximate surface area is 73.6 Å². The number of Topliss-reactive ketones (excluding diaryl/α,β-unsaturated/α-hetero) is 1. The van der Waals surface area contributed by atoms with E-state index in [4.69, 9.17) is 5.26 Å². The first-order chi connectivity index (χ1) is 5.56. The fourth-order valence-corrected chi connectivity index (χ4v) is 1.73. The first-order valence-electron chi connectivity index (χ1n) is 4.49. The van der Waals surface area contributed by atoms with Crippen LogP contribution < -0.4 is 0 Å². The zero-order valence-electron chi connectivity index (χ0n) is 7.76. The van der Waals surface area contributed by atoms with E-state index in [-0.39, 0.29) is 11.3 Å². The number of ketones is 1. The van der Waals surface area contributed by atoms with Gasteiger partial charge in [0, 0.05) is 12.8 Å². The van der Waals surface area contributed by atoms with Crippen LogP contribution in [-0.2, 0) is 4.79 Å². The molecule has 2 nitrogen and oxygen atoms in total. The molecule has 1 aliphatic carbocycles. The van der Waals surface area contributed by atoms with Gasteiger partial charge in [-0.05, 0) is 32.6 Å². The second kappa shape index (κ2) is 3.26. The quantitative estimate of drug-likeness (QED) is 0.598. The molecule has 0 bridgehead atoms. The van der Waals surface area contributed by atoms with Crippen molar-refractivity contribution in [3.63, 3.8) is 0 Å². The Hall–Kier alpha value is -0.840. The lowest BCUT2D eigenvalue weighted by atomic mass is 9.72. The minimum atomic E-state index is -0.323. The first-order valence-corrected chi connectivity index (χ1v) is 4.49. The molecule has 12 heavy (non-hydrogen) atoms. The van der Waals surface area contributed by atoms with E-state index in [0.29, 0.717) is 12.2 Å². The van der Waals surface area contributed by atoms with E-state index in [1.807, 2.05) is 13.8 Å². The Morgan fingerprint density at radius 3 is 2.75 bits per heavy atom. The molecule has 2 heteroatoms. The lowest BCUT2D eigenvalue weighted by Crippen LogP contribution is -2.28. The standard InChI is InChI=1S/C10H15NO/c1-10(2,7-11)8-4-3-5-9(12)6-8/h8H,3-6H2,1-2H3/t8-/m1/s1. The molecular weight excluding hydrogens is 150 g/mol. The molecule has 0 heterocycles. The third kappa shape index (κ3) is 1.85. The maximum absolute atomic E-state index is 11.1. The van der Waals surface area contributed by atoms with Crippen LogP contribution in [0.2, 0.25) is 0 Å². The van der Waals surface area contributed by atoms with Crippen LogP contribution in [-0.4, -0.2) is 5.78 Å². The maximum atomic E-state index is 11.1. The number of hydrogen-bond acceptors (Lipinski definition) is 2. The molecule has 0 aromatic rings. The molecule has 0 unspecified atom stereocenters. The van der Waals surface area contributed by atoms with Gasteiger partial charge in [0.1, 0.15) is 5.78 Å². The van der Waals surface area contributed by atoms with Crippen molar-refractivity contribution in [2.45, 2.75) is 39.5 Å². The van der Waals surface area contributed by atoms with Crippen LogP contribution in [0.25, 0.3) is 0 Å². The van der Waals surface area contributed by atoms with E-state index in [9.17, 15) is 4.79 Å². The highest BCUT2D eigenvalue weighted by atomic mass is 16.1. The van der Waals surface area contributed by atoms with Gasteiger partial charge in [0.05, 0.1) is 11.5 Å². The van der Waals surface area contributed by atoms with E-state index in [1.54, 1.807) is 0 Å². The minimum absolute atomic E-state index is 0.281. The molecule has 0 saturated heterocycles. The van der Waals surface area contributed by atoms with Crippen LogP contribution in [0.15, 0.2) is 0 Å². The van der Waals surface area contributed by atoms with Crippen molar-refractivity contribution in [2.75, 3.05) is 0 Å². The van der Waals surface area contributed by atoms with Crippen LogP contribution in [0.1, 0.15) is 39.5 Å². The second-order valence-electron chi connectivity index (χ2n) is 4.17. The topological polar surface area (TPSA) is 40.9 Å². The predicted molar refractivity (Wildman–Crippen MR) is 46.4 cm³/mol. The van der Waals surface area contributed by atoms with Crippen molar-refractivity contribution in [3.8, 4) is 6.07 Å². The van der Waals surface area contributed by atoms with E-state index >= 15 is 0 Å². The van der Waals surface area contributed by atoms with Crippen LogP contribution in [0, 0.1) is 22.7 Å². The maximum Gasteiger partial charge on any atom is 0.133 e. The molecule has 1 rings (SSSR count). The Kier molecular flexibility index (Phi) is 2.52. The number of carbonyl (C=O) groups excluding carboxylic acids is 1. The van der Waals surface area contributed by atoms with E-state index in [1.165, 1.54) is 0 Å². The molecule has 1 fully saturated rings. The summed E-state index contributed by atoms with van der Waals surface area (Å²) in [7, 11) is 0. The van der Waals surface area contributed by atoms with Crippen molar-refractivity contribution >= 4 is 5.78 Å². The summed E-state index contributed by atoms with van der Waals surface area (Å²) in [5.74, 6) is 0.610. The third-order valence-corrected chi connectivity index (χ3v) is 2.79. The number of nitrogens with zero attached hydrogens (tertiary/aromatic N) is 1. The Morgan fingerprint density at radius 1 is 1.58 bits per heavy atom. The highest BCUT2D eigenvalue weighted by Gasteiger charge is 2.33. The summed E-state index contributed by atoms with van der Waals surface area (Å²) in [5, 5.41) is 8.87.